The number of hydrogen-bond acceptors (Lipinski definition) is 2. The van der Waals surface area contributed by atoms with Crippen LogP contribution in [-0.2, 0) is 4.79 Å². The Bertz CT molecular complexity index is 612. The van der Waals surface area contributed by atoms with E-state index in [2.05, 4.69) is 34.6 Å². The molecule has 0 aliphatic heterocycles. The first-order valence-electron chi connectivity index (χ1n) is 12.9. The fourth-order valence-electron chi connectivity index (χ4n) is 9.21. The molecule has 4 aliphatic carbocycles. The molecular formula is C27H46O2. The van der Waals surface area contributed by atoms with Crippen molar-refractivity contribution in [3.8, 4) is 0 Å². The minimum Gasteiger partial charge on any atom is -0.393 e. The van der Waals surface area contributed by atoms with Crippen LogP contribution in [0.3, 0.4) is 0 Å². The highest BCUT2D eigenvalue weighted by molar-refractivity contribution is 5.83. The van der Waals surface area contributed by atoms with Gasteiger partial charge in [0, 0.05) is 12.3 Å². The molecule has 2 nitrogen and oxygen atoms in total. The van der Waals surface area contributed by atoms with Crippen LogP contribution in [0.15, 0.2) is 0 Å². The zero-order valence-corrected chi connectivity index (χ0v) is 19.8. The van der Waals surface area contributed by atoms with Gasteiger partial charge in [-0.3, -0.25) is 4.79 Å². The third-order valence-electron chi connectivity index (χ3n) is 10.5. The average Bonchev–Trinajstić information content (AvgIpc) is 2.92. The van der Waals surface area contributed by atoms with Gasteiger partial charge in [0.05, 0.1) is 6.10 Å². The Morgan fingerprint density at radius 2 is 1.76 bits per heavy atom. The number of aliphatic hydroxyl groups excluding tert-OH is 1. The molecule has 1 N–H and O–H groups in total. The van der Waals surface area contributed by atoms with Crippen LogP contribution in [0, 0.1) is 52.3 Å². The van der Waals surface area contributed by atoms with E-state index in [4.69, 9.17) is 0 Å². The maximum Gasteiger partial charge on any atom is 0.136 e. The van der Waals surface area contributed by atoms with Gasteiger partial charge in [0.1, 0.15) is 5.78 Å². The van der Waals surface area contributed by atoms with Gasteiger partial charge in [-0.25, -0.2) is 0 Å². The molecule has 4 rings (SSSR count). The van der Waals surface area contributed by atoms with Crippen LogP contribution in [0.5, 0.6) is 0 Å². The van der Waals surface area contributed by atoms with Gasteiger partial charge in [-0.2, -0.15) is 0 Å². The molecule has 0 bridgehead atoms. The zero-order chi connectivity index (χ0) is 21.0. The number of ketones is 1. The smallest absolute Gasteiger partial charge is 0.136 e. The lowest BCUT2D eigenvalue weighted by Gasteiger charge is -2.60. The Balaban J connectivity index is 1.55. The number of carbonyl (C=O) groups excluding carboxylic acids is 1. The molecule has 9 atom stereocenters. The number of rotatable bonds is 5. The van der Waals surface area contributed by atoms with E-state index >= 15 is 0 Å². The van der Waals surface area contributed by atoms with Gasteiger partial charge in [0.2, 0.25) is 0 Å². The van der Waals surface area contributed by atoms with Crippen molar-refractivity contribution in [1.29, 1.82) is 0 Å². The van der Waals surface area contributed by atoms with Crippen molar-refractivity contribution in [3.05, 3.63) is 0 Å². The first-order chi connectivity index (χ1) is 13.7. The average molecular weight is 403 g/mol. The lowest BCUT2D eigenvalue weighted by Crippen LogP contribution is -2.56. The topological polar surface area (TPSA) is 37.3 Å². The lowest BCUT2D eigenvalue weighted by atomic mass is 9.44. The van der Waals surface area contributed by atoms with Crippen LogP contribution < -0.4 is 0 Å². The van der Waals surface area contributed by atoms with Gasteiger partial charge in [-0.05, 0) is 78.4 Å². The second-order valence-corrected chi connectivity index (χ2v) is 12.5. The quantitative estimate of drug-likeness (QED) is 0.559. The van der Waals surface area contributed by atoms with Gasteiger partial charge < -0.3 is 5.11 Å². The Morgan fingerprint density at radius 1 is 1.00 bits per heavy atom. The number of carbonyl (C=O) groups is 1. The van der Waals surface area contributed by atoms with Crippen LogP contribution in [-0.4, -0.2) is 17.0 Å². The first-order valence-corrected chi connectivity index (χ1v) is 12.9. The summed E-state index contributed by atoms with van der Waals surface area (Å²) >= 11 is 0. The summed E-state index contributed by atoms with van der Waals surface area (Å²) in [6.45, 7) is 12.0. The van der Waals surface area contributed by atoms with Crippen molar-refractivity contribution in [3.63, 3.8) is 0 Å². The van der Waals surface area contributed by atoms with E-state index in [0.29, 0.717) is 41.3 Å². The molecule has 0 radical (unpaired) electrons. The minimum absolute atomic E-state index is 0.162. The van der Waals surface area contributed by atoms with Gasteiger partial charge >= 0.3 is 0 Å². The van der Waals surface area contributed by atoms with Crippen molar-refractivity contribution in [2.45, 2.75) is 111 Å². The molecule has 0 aromatic carbocycles. The number of fused-ring (bicyclic) bond motifs is 5. The van der Waals surface area contributed by atoms with Crippen molar-refractivity contribution in [2.24, 2.45) is 52.3 Å². The predicted octanol–water partition coefficient (Wildman–Crippen LogP) is 6.65. The van der Waals surface area contributed by atoms with Crippen molar-refractivity contribution >= 4 is 5.78 Å². The molecular weight excluding hydrogens is 356 g/mol. The maximum absolute atomic E-state index is 13.2. The summed E-state index contributed by atoms with van der Waals surface area (Å²) in [7, 11) is 0. The normalized spacial score (nSPS) is 48.2. The summed E-state index contributed by atoms with van der Waals surface area (Å²) in [5.74, 6) is 4.48. The maximum atomic E-state index is 13.2. The number of aliphatic hydroxyl groups is 1. The van der Waals surface area contributed by atoms with Gasteiger partial charge in [0.25, 0.3) is 0 Å². The van der Waals surface area contributed by atoms with Gasteiger partial charge in [0.15, 0.2) is 0 Å². The molecule has 4 fully saturated rings. The van der Waals surface area contributed by atoms with Crippen molar-refractivity contribution in [2.75, 3.05) is 0 Å². The molecule has 2 heteroatoms. The molecule has 0 heterocycles. The highest BCUT2D eigenvalue weighted by Crippen LogP contribution is 2.67. The third kappa shape index (κ3) is 3.54. The lowest BCUT2D eigenvalue weighted by molar-refractivity contribution is -0.154. The highest BCUT2D eigenvalue weighted by Gasteiger charge is 2.63. The Kier molecular flexibility index (Phi) is 5.99. The second-order valence-electron chi connectivity index (χ2n) is 12.5. The fraction of sp³-hybridized carbons (Fsp3) is 0.963. The van der Waals surface area contributed by atoms with Crippen LogP contribution >= 0.6 is 0 Å². The summed E-state index contributed by atoms with van der Waals surface area (Å²) in [6, 6.07) is 0. The molecule has 4 saturated carbocycles. The summed E-state index contributed by atoms with van der Waals surface area (Å²) in [5, 5.41) is 11.2. The standard InChI is InChI=1S/C27H46O2/c1-17(2)9-8-10-18(3)25-24(29)16-22-19-15-23(28)21-11-6-7-13-26(21,4)20(19)12-14-27(22,25)5/h17-22,24-25,29H,6-16H2,1-5H3/t18-,19-,20+,21?,22+,24?,25+,26-,27+/m1/s1. The number of hydrogen-bond donors (Lipinski definition) is 1. The summed E-state index contributed by atoms with van der Waals surface area (Å²) < 4.78 is 0. The Morgan fingerprint density at radius 3 is 2.48 bits per heavy atom. The van der Waals surface area contributed by atoms with Crippen molar-refractivity contribution < 1.29 is 9.90 Å². The van der Waals surface area contributed by atoms with Gasteiger partial charge in [-0.1, -0.05) is 66.7 Å². The summed E-state index contributed by atoms with van der Waals surface area (Å²) in [4.78, 5) is 13.2. The summed E-state index contributed by atoms with van der Waals surface area (Å²) in [6.07, 6.45) is 12.9. The van der Waals surface area contributed by atoms with E-state index < -0.39 is 0 Å². The predicted molar refractivity (Wildman–Crippen MR) is 119 cm³/mol. The SMILES string of the molecule is CC(C)CCC[C@@H](C)[C@H]1C(O)C[C@H]2[C@@H]3CC(=O)C4CCCC[C@]4(C)[C@H]3CC[C@]12C. The number of Topliss-reactive ketones (excluding diaryl/α,β-unsaturated/α-hetero) is 1. The molecule has 29 heavy (non-hydrogen) atoms. The van der Waals surface area contributed by atoms with E-state index in [1.165, 1.54) is 51.4 Å². The molecule has 0 saturated heterocycles. The van der Waals surface area contributed by atoms with Crippen LogP contribution in [0.1, 0.15) is 105 Å². The van der Waals surface area contributed by atoms with E-state index in [-0.39, 0.29) is 16.9 Å². The van der Waals surface area contributed by atoms with E-state index in [1.54, 1.807) is 0 Å². The molecule has 0 spiro atoms. The van der Waals surface area contributed by atoms with Crippen LogP contribution in [0.25, 0.3) is 0 Å². The molecule has 4 aliphatic rings. The van der Waals surface area contributed by atoms with Gasteiger partial charge in [-0.15, -0.1) is 0 Å². The van der Waals surface area contributed by atoms with Crippen molar-refractivity contribution in [1.82, 2.24) is 0 Å². The first kappa shape index (κ1) is 21.8. The molecule has 0 amide bonds. The third-order valence-corrected chi connectivity index (χ3v) is 10.5. The fourth-order valence-corrected chi connectivity index (χ4v) is 9.21. The largest absolute Gasteiger partial charge is 0.393 e. The molecule has 0 aromatic heterocycles. The Hall–Kier alpha value is -0.370. The highest BCUT2D eigenvalue weighted by atomic mass is 16.3. The minimum atomic E-state index is -0.162. The zero-order valence-electron chi connectivity index (χ0n) is 19.8. The molecule has 2 unspecified atom stereocenters. The monoisotopic (exact) mass is 402 g/mol. The van der Waals surface area contributed by atoms with E-state index in [1.807, 2.05) is 0 Å². The molecule has 166 valence electrons. The second kappa shape index (κ2) is 7.95. The van der Waals surface area contributed by atoms with E-state index in [9.17, 15) is 9.90 Å². The Labute approximate surface area is 179 Å². The van der Waals surface area contributed by atoms with Crippen LogP contribution in [0.2, 0.25) is 0 Å². The summed E-state index contributed by atoms with van der Waals surface area (Å²) in [5.41, 5.74) is 0.474. The molecule has 0 aromatic rings. The van der Waals surface area contributed by atoms with E-state index in [0.717, 1.165) is 25.2 Å². The van der Waals surface area contributed by atoms with Crippen LogP contribution in [0.4, 0.5) is 0 Å².